The molecule has 1 saturated heterocycles. The number of esters is 1. The normalized spacial score (nSPS) is 17.7. The predicted molar refractivity (Wildman–Crippen MR) is 77.3 cm³/mol. The molecule has 5 nitrogen and oxygen atoms in total. The zero-order valence-corrected chi connectivity index (χ0v) is 12.9. The second-order valence-electron chi connectivity index (χ2n) is 5.39. The summed E-state index contributed by atoms with van der Waals surface area (Å²) in [6.07, 6.45) is 0.476. The Hall–Kier alpha value is -1.88. The van der Waals surface area contributed by atoms with Crippen LogP contribution in [0, 0.1) is 20.8 Å². The van der Waals surface area contributed by atoms with E-state index in [4.69, 9.17) is 9.57 Å². The number of carbonyl (C=O) groups is 2. The molecule has 2 rings (SSSR count). The minimum Gasteiger partial charge on any atom is -0.464 e. The molecule has 1 heterocycles. The van der Waals surface area contributed by atoms with Crippen LogP contribution in [-0.4, -0.2) is 29.6 Å². The lowest BCUT2D eigenvalue weighted by atomic mass is 9.99. The second-order valence-corrected chi connectivity index (χ2v) is 5.39. The molecule has 0 bridgehead atoms. The highest BCUT2D eigenvalue weighted by Crippen LogP contribution is 2.21. The number of amides is 1. The van der Waals surface area contributed by atoms with Gasteiger partial charge in [-0.15, -0.1) is 0 Å². The summed E-state index contributed by atoms with van der Waals surface area (Å²) in [4.78, 5) is 29.0. The van der Waals surface area contributed by atoms with Crippen LogP contribution in [0.1, 0.15) is 35.6 Å². The van der Waals surface area contributed by atoms with Crippen molar-refractivity contribution in [3.05, 3.63) is 34.4 Å². The van der Waals surface area contributed by atoms with Gasteiger partial charge in [0.1, 0.15) is 6.61 Å². The molecule has 1 aromatic carbocycles. The third kappa shape index (κ3) is 3.24. The Morgan fingerprint density at radius 2 is 2.00 bits per heavy atom. The first kappa shape index (κ1) is 15.5. The smallest absolute Gasteiger partial charge is 0.331 e. The van der Waals surface area contributed by atoms with Gasteiger partial charge in [0, 0.05) is 13.3 Å². The van der Waals surface area contributed by atoms with E-state index in [2.05, 4.69) is 6.07 Å². The molecule has 114 valence electrons. The van der Waals surface area contributed by atoms with Crippen molar-refractivity contribution in [2.75, 3.05) is 6.61 Å². The number of nitrogens with zero attached hydrogens (tertiary/aromatic N) is 1. The first-order valence-electron chi connectivity index (χ1n) is 7.07. The monoisotopic (exact) mass is 291 g/mol. The maximum atomic E-state index is 11.7. The molecule has 0 aromatic heterocycles. The fourth-order valence-electron chi connectivity index (χ4n) is 2.46. The largest absolute Gasteiger partial charge is 0.464 e. The Balaban J connectivity index is 2.15. The summed E-state index contributed by atoms with van der Waals surface area (Å²) in [5.41, 5.74) is 4.48. The summed E-state index contributed by atoms with van der Waals surface area (Å²) in [5.74, 6) is -0.690. The van der Waals surface area contributed by atoms with E-state index in [0.717, 1.165) is 21.8 Å². The van der Waals surface area contributed by atoms with Gasteiger partial charge in [-0.2, -0.15) is 0 Å². The van der Waals surface area contributed by atoms with Crippen LogP contribution in [0.15, 0.2) is 12.1 Å². The maximum absolute atomic E-state index is 11.7. The van der Waals surface area contributed by atoms with Gasteiger partial charge in [-0.25, -0.2) is 9.86 Å². The second kappa shape index (κ2) is 6.26. The number of rotatable bonds is 4. The summed E-state index contributed by atoms with van der Waals surface area (Å²) in [6.45, 7) is 8.06. The van der Waals surface area contributed by atoms with E-state index in [-0.39, 0.29) is 12.5 Å². The maximum Gasteiger partial charge on any atom is 0.331 e. The van der Waals surface area contributed by atoms with Crippen LogP contribution in [0.3, 0.4) is 0 Å². The zero-order valence-electron chi connectivity index (χ0n) is 12.9. The Morgan fingerprint density at radius 1 is 1.33 bits per heavy atom. The van der Waals surface area contributed by atoms with Gasteiger partial charge in [-0.05, 0) is 43.0 Å². The summed E-state index contributed by atoms with van der Waals surface area (Å²) in [6, 6.07) is 3.46. The molecule has 1 aromatic rings. The number of benzene rings is 1. The van der Waals surface area contributed by atoms with Gasteiger partial charge in [0.25, 0.3) is 0 Å². The third-order valence-corrected chi connectivity index (χ3v) is 3.95. The molecule has 1 atom stereocenters. The number of hydrogen-bond donors (Lipinski definition) is 0. The fourth-order valence-corrected chi connectivity index (χ4v) is 2.46. The standard InChI is InChI=1S/C16H21NO4/c1-10-5-6-11(2)14(12(10)3)9-21-17(13(4)18)15-7-8-20-16(15)19/h5-6,15H,7-9H2,1-4H3. The molecule has 1 aliphatic rings. The lowest BCUT2D eigenvalue weighted by Gasteiger charge is -2.25. The first-order valence-corrected chi connectivity index (χ1v) is 7.07. The van der Waals surface area contributed by atoms with E-state index in [1.165, 1.54) is 12.5 Å². The van der Waals surface area contributed by atoms with Crippen molar-refractivity contribution in [1.29, 1.82) is 0 Å². The number of hydroxylamine groups is 2. The van der Waals surface area contributed by atoms with Gasteiger partial charge < -0.3 is 4.74 Å². The van der Waals surface area contributed by atoms with Crippen molar-refractivity contribution in [3.8, 4) is 0 Å². The van der Waals surface area contributed by atoms with Crippen LogP contribution in [0.25, 0.3) is 0 Å². The highest BCUT2D eigenvalue weighted by atomic mass is 16.7. The van der Waals surface area contributed by atoms with E-state index in [0.29, 0.717) is 13.0 Å². The van der Waals surface area contributed by atoms with Crippen LogP contribution in [0.2, 0.25) is 0 Å². The minimum atomic E-state index is -0.632. The van der Waals surface area contributed by atoms with Crippen LogP contribution < -0.4 is 0 Å². The van der Waals surface area contributed by atoms with E-state index in [1.54, 1.807) is 0 Å². The van der Waals surface area contributed by atoms with E-state index >= 15 is 0 Å². The van der Waals surface area contributed by atoms with Gasteiger partial charge in [0.2, 0.25) is 5.91 Å². The molecule has 0 N–H and O–H groups in total. The molecule has 21 heavy (non-hydrogen) atoms. The van der Waals surface area contributed by atoms with E-state index in [9.17, 15) is 9.59 Å². The van der Waals surface area contributed by atoms with Crippen LogP contribution >= 0.6 is 0 Å². The Kier molecular flexibility index (Phi) is 4.63. The molecule has 1 amide bonds. The van der Waals surface area contributed by atoms with Gasteiger partial charge in [-0.3, -0.25) is 9.63 Å². The summed E-state index contributed by atoms with van der Waals surface area (Å²) < 4.78 is 4.90. The molecule has 5 heteroatoms. The van der Waals surface area contributed by atoms with Gasteiger partial charge in [0.05, 0.1) is 6.61 Å². The molecule has 1 aliphatic heterocycles. The summed E-state index contributed by atoms with van der Waals surface area (Å²) in [7, 11) is 0. The highest BCUT2D eigenvalue weighted by Gasteiger charge is 2.35. The van der Waals surface area contributed by atoms with E-state index < -0.39 is 12.0 Å². The Bertz CT molecular complexity index is 568. The third-order valence-electron chi connectivity index (χ3n) is 3.95. The Morgan fingerprint density at radius 3 is 2.57 bits per heavy atom. The van der Waals surface area contributed by atoms with Crippen molar-refractivity contribution >= 4 is 11.9 Å². The van der Waals surface area contributed by atoms with Crippen LogP contribution in [0.5, 0.6) is 0 Å². The molecule has 1 fully saturated rings. The first-order chi connectivity index (χ1) is 9.91. The predicted octanol–water partition coefficient (Wildman–Crippen LogP) is 2.21. The number of ether oxygens (including phenoxy) is 1. The number of hydrogen-bond acceptors (Lipinski definition) is 4. The lowest BCUT2D eigenvalue weighted by molar-refractivity contribution is -0.205. The Labute approximate surface area is 124 Å². The van der Waals surface area contributed by atoms with E-state index in [1.807, 2.05) is 26.8 Å². The zero-order chi connectivity index (χ0) is 15.6. The van der Waals surface area contributed by atoms with Crippen molar-refractivity contribution in [1.82, 2.24) is 5.06 Å². The number of aryl methyl sites for hydroxylation is 2. The summed E-state index contributed by atoms with van der Waals surface area (Å²) in [5, 5.41) is 1.15. The van der Waals surface area contributed by atoms with Gasteiger partial charge in [0.15, 0.2) is 6.04 Å². The van der Waals surface area contributed by atoms with Crippen molar-refractivity contribution < 1.29 is 19.2 Å². The highest BCUT2D eigenvalue weighted by molar-refractivity contribution is 5.83. The molecule has 0 aliphatic carbocycles. The minimum absolute atomic E-state index is 0.267. The number of cyclic esters (lactones) is 1. The van der Waals surface area contributed by atoms with Crippen LogP contribution in [0.4, 0.5) is 0 Å². The molecule has 0 spiro atoms. The lowest BCUT2D eigenvalue weighted by Crippen LogP contribution is -2.41. The quantitative estimate of drug-likeness (QED) is 0.630. The topological polar surface area (TPSA) is 55.8 Å². The average Bonchev–Trinajstić information content (AvgIpc) is 2.84. The van der Waals surface area contributed by atoms with Gasteiger partial charge in [-0.1, -0.05) is 12.1 Å². The van der Waals surface area contributed by atoms with Gasteiger partial charge >= 0.3 is 5.97 Å². The number of carbonyl (C=O) groups excluding carboxylic acids is 2. The van der Waals surface area contributed by atoms with Crippen LogP contribution in [-0.2, 0) is 25.8 Å². The molecule has 1 unspecified atom stereocenters. The summed E-state index contributed by atoms with van der Waals surface area (Å²) >= 11 is 0. The average molecular weight is 291 g/mol. The van der Waals surface area contributed by atoms with Crippen molar-refractivity contribution in [2.24, 2.45) is 0 Å². The molecular weight excluding hydrogens is 270 g/mol. The SMILES string of the molecule is CC(=O)N(OCc1c(C)ccc(C)c1C)C1CCOC1=O. The molecule has 0 saturated carbocycles. The fraction of sp³-hybridized carbons (Fsp3) is 0.500. The molecular formula is C16H21NO4. The molecule has 0 radical (unpaired) electrons. The van der Waals surface area contributed by atoms with Crippen molar-refractivity contribution in [2.45, 2.75) is 46.8 Å². The van der Waals surface area contributed by atoms with Crippen molar-refractivity contribution in [3.63, 3.8) is 0 Å².